The number of hydrogen-bond donors (Lipinski definition) is 1. The highest BCUT2D eigenvalue weighted by Crippen LogP contribution is 2.25. The van der Waals surface area contributed by atoms with E-state index >= 15 is 0 Å². The van der Waals surface area contributed by atoms with Gasteiger partial charge in [-0.2, -0.15) is 0 Å². The predicted octanol–water partition coefficient (Wildman–Crippen LogP) is 3.33. The zero-order valence-corrected chi connectivity index (χ0v) is 12.3. The maximum Gasteiger partial charge on any atom is 0.276 e. The van der Waals surface area contributed by atoms with Crippen molar-refractivity contribution >= 4 is 11.8 Å². The molecule has 1 aromatic heterocycles. The van der Waals surface area contributed by atoms with Crippen molar-refractivity contribution in [1.29, 1.82) is 0 Å². The number of aryl methyl sites for hydroxylation is 1. The molecule has 0 aliphatic rings. The van der Waals surface area contributed by atoms with Gasteiger partial charge in [0.05, 0.1) is 6.04 Å². The Morgan fingerprint density at radius 1 is 1.21 bits per heavy atom. The van der Waals surface area contributed by atoms with Crippen LogP contribution in [-0.2, 0) is 5.75 Å². The molecule has 1 aromatic carbocycles. The molecule has 0 unspecified atom stereocenters. The maximum atomic E-state index is 5.97. The van der Waals surface area contributed by atoms with E-state index in [2.05, 4.69) is 41.4 Å². The van der Waals surface area contributed by atoms with Crippen molar-refractivity contribution < 1.29 is 4.42 Å². The van der Waals surface area contributed by atoms with Gasteiger partial charge < -0.3 is 10.2 Å². The molecule has 102 valence electrons. The smallest absolute Gasteiger partial charge is 0.276 e. The van der Waals surface area contributed by atoms with E-state index in [0.717, 1.165) is 5.75 Å². The zero-order chi connectivity index (χ0) is 13.8. The summed E-state index contributed by atoms with van der Waals surface area (Å²) in [4.78, 5) is 0. The van der Waals surface area contributed by atoms with Gasteiger partial charge in [0, 0.05) is 5.75 Å². The zero-order valence-electron chi connectivity index (χ0n) is 11.5. The minimum absolute atomic E-state index is 0.193. The minimum Gasteiger partial charge on any atom is -0.414 e. The summed E-state index contributed by atoms with van der Waals surface area (Å²) in [5, 5.41) is 8.60. The van der Waals surface area contributed by atoms with Crippen LogP contribution in [0.4, 0.5) is 0 Å². The summed E-state index contributed by atoms with van der Waals surface area (Å²) in [6.45, 7) is 6.15. The Labute approximate surface area is 117 Å². The number of nitrogens with zero attached hydrogens (tertiary/aromatic N) is 2. The molecule has 0 aliphatic heterocycles. The minimum atomic E-state index is -0.193. The van der Waals surface area contributed by atoms with Crippen molar-refractivity contribution in [3.05, 3.63) is 41.3 Å². The Balaban J connectivity index is 1.95. The Kier molecular flexibility index (Phi) is 4.61. The fourth-order valence-corrected chi connectivity index (χ4v) is 2.25. The number of aromatic nitrogens is 2. The Bertz CT molecular complexity index is 522. The van der Waals surface area contributed by atoms with E-state index in [1.807, 2.05) is 13.8 Å². The largest absolute Gasteiger partial charge is 0.414 e. The lowest BCUT2D eigenvalue weighted by Gasteiger charge is -2.09. The van der Waals surface area contributed by atoms with Crippen molar-refractivity contribution in [2.45, 2.75) is 37.8 Å². The number of nitrogens with two attached hydrogens (primary N) is 1. The van der Waals surface area contributed by atoms with Gasteiger partial charge >= 0.3 is 0 Å². The molecule has 0 amide bonds. The Morgan fingerprint density at radius 2 is 1.89 bits per heavy atom. The summed E-state index contributed by atoms with van der Waals surface area (Å²) in [5.74, 6) is 1.62. The molecular formula is C14H19N3OS. The van der Waals surface area contributed by atoms with Crippen molar-refractivity contribution in [3.63, 3.8) is 0 Å². The SMILES string of the molecule is Cc1ccc(CSc2nnc([C@@H](N)C(C)C)o2)cc1. The molecule has 19 heavy (non-hydrogen) atoms. The average Bonchev–Trinajstić information content (AvgIpc) is 2.86. The molecule has 1 atom stereocenters. The number of thioether (sulfide) groups is 1. The first-order valence-electron chi connectivity index (χ1n) is 6.33. The van der Waals surface area contributed by atoms with Crippen LogP contribution in [0.15, 0.2) is 33.9 Å². The lowest BCUT2D eigenvalue weighted by atomic mass is 10.1. The van der Waals surface area contributed by atoms with E-state index in [1.165, 1.54) is 22.9 Å². The van der Waals surface area contributed by atoms with Crippen LogP contribution in [0.1, 0.15) is 36.9 Å². The standard InChI is InChI=1S/C14H19N3OS/c1-9(2)12(15)13-16-17-14(18-13)19-8-11-6-4-10(3)5-7-11/h4-7,9,12H,8,15H2,1-3H3/t12-/m0/s1. The molecule has 0 saturated carbocycles. The first-order valence-corrected chi connectivity index (χ1v) is 7.32. The molecule has 4 nitrogen and oxygen atoms in total. The summed E-state index contributed by atoms with van der Waals surface area (Å²) < 4.78 is 5.57. The van der Waals surface area contributed by atoms with Crippen LogP contribution in [0.25, 0.3) is 0 Å². The Hall–Kier alpha value is -1.33. The molecule has 2 N–H and O–H groups in total. The molecule has 2 rings (SSSR count). The average molecular weight is 277 g/mol. The highest BCUT2D eigenvalue weighted by atomic mass is 32.2. The summed E-state index contributed by atoms with van der Waals surface area (Å²) in [7, 11) is 0. The van der Waals surface area contributed by atoms with Crippen LogP contribution in [0.2, 0.25) is 0 Å². The van der Waals surface area contributed by atoms with Gasteiger partial charge in [-0.25, -0.2) is 0 Å². The van der Waals surface area contributed by atoms with E-state index < -0.39 is 0 Å². The van der Waals surface area contributed by atoms with E-state index in [-0.39, 0.29) is 12.0 Å². The van der Waals surface area contributed by atoms with Gasteiger partial charge in [-0.1, -0.05) is 55.4 Å². The van der Waals surface area contributed by atoms with Crippen LogP contribution in [0, 0.1) is 12.8 Å². The molecule has 0 bridgehead atoms. The van der Waals surface area contributed by atoms with Crippen LogP contribution >= 0.6 is 11.8 Å². The third-order valence-electron chi connectivity index (χ3n) is 2.91. The monoisotopic (exact) mass is 277 g/mol. The fraction of sp³-hybridized carbons (Fsp3) is 0.429. The summed E-state index contributed by atoms with van der Waals surface area (Å²) in [6, 6.07) is 8.23. The molecule has 0 saturated heterocycles. The lowest BCUT2D eigenvalue weighted by Crippen LogP contribution is -2.16. The highest BCUT2D eigenvalue weighted by molar-refractivity contribution is 7.98. The summed E-state index contributed by atoms with van der Waals surface area (Å²) in [5.41, 5.74) is 8.47. The molecular weight excluding hydrogens is 258 g/mol. The van der Waals surface area contributed by atoms with Gasteiger partial charge in [-0.3, -0.25) is 0 Å². The van der Waals surface area contributed by atoms with Crippen molar-refractivity contribution in [2.75, 3.05) is 0 Å². The van der Waals surface area contributed by atoms with Gasteiger partial charge in [-0.15, -0.1) is 10.2 Å². The second-order valence-electron chi connectivity index (χ2n) is 4.95. The topological polar surface area (TPSA) is 64.9 Å². The number of rotatable bonds is 5. The van der Waals surface area contributed by atoms with Crippen molar-refractivity contribution in [3.8, 4) is 0 Å². The molecule has 2 aromatic rings. The molecule has 5 heteroatoms. The van der Waals surface area contributed by atoms with Crippen LogP contribution in [-0.4, -0.2) is 10.2 Å². The van der Waals surface area contributed by atoms with Crippen LogP contribution in [0.5, 0.6) is 0 Å². The normalized spacial score (nSPS) is 12.9. The number of benzene rings is 1. The quantitative estimate of drug-likeness (QED) is 0.849. The van der Waals surface area contributed by atoms with E-state index in [9.17, 15) is 0 Å². The van der Waals surface area contributed by atoms with Crippen molar-refractivity contribution in [2.24, 2.45) is 11.7 Å². The molecule has 0 spiro atoms. The predicted molar refractivity (Wildman–Crippen MR) is 76.8 cm³/mol. The second-order valence-corrected chi connectivity index (χ2v) is 5.88. The maximum absolute atomic E-state index is 5.97. The molecule has 0 radical (unpaired) electrons. The van der Waals surface area contributed by atoms with E-state index in [1.54, 1.807) is 0 Å². The van der Waals surface area contributed by atoms with Gasteiger partial charge in [0.2, 0.25) is 5.89 Å². The summed E-state index contributed by atoms with van der Waals surface area (Å²) >= 11 is 1.53. The van der Waals surface area contributed by atoms with Gasteiger partial charge in [0.1, 0.15) is 0 Å². The third-order valence-corrected chi connectivity index (χ3v) is 3.80. The third kappa shape index (κ3) is 3.81. The molecule has 0 aliphatic carbocycles. The highest BCUT2D eigenvalue weighted by Gasteiger charge is 2.17. The second kappa shape index (κ2) is 6.21. The number of hydrogen-bond acceptors (Lipinski definition) is 5. The lowest BCUT2D eigenvalue weighted by molar-refractivity contribution is 0.349. The van der Waals surface area contributed by atoms with E-state index in [0.29, 0.717) is 11.1 Å². The van der Waals surface area contributed by atoms with Gasteiger partial charge in [-0.05, 0) is 18.4 Å². The van der Waals surface area contributed by atoms with Crippen molar-refractivity contribution in [1.82, 2.24) is 10.2 Å². The fourth-order valence-electron chi connectivity index (χ4n) is 1.53. The molecule has 0 fully saturated rings. The Morgan fingerprint density at radius 3 is 2.53 bits per heavy atom. The van der Waals surface area contributed by atoms with Gasteiger partial charge in [0.25, 0.3) is 5.22 Å². The van der Waals surface area contributed by atoms with Crippen LogP contribution in [0.3, 0.4) is 0 Å². The van der Waals surface area contributed by atoms with Crippen LogP contribution < -0.4 is 5.73 Å². The van der Waals surface area contributed by atoms with E-state index in [4.69, 9.17) is 10.2 Å². The van der Waals surface area contributed by atoms with Gasteiger partial charge in [0.15, 0.2) is 0 Å². The summed E-state index contributed by atoms with van der Waals surface area (Å²) in [6.07, 6.45) is 0. The first kappa shape index (κ1) is 14.1. The molecule has 1 heterocycles. The first-order chi connectivity index (χ1) is 9.06.